The molecule has 0 saturated heterocycles. The van der Waals surface area contributed by atoms with Crippen molar-refractivity contribution in [3.05, 3.63) is 194 Å². The minimum Gasteiger partial charge on any atom is -0.309 e. The summed E-state index contributed by atoms with van der Waals surface area (Å²) in [5.41, 5.74) is 8.39. The molecule has 0 aliphatic carbocycles. The van der Waals surface area contributed by atoms with E-state index in [0.717, 1.165) is 33.5 Å². The Hall–Kier alpha value is -7.43. The molecule has 4 nitrogen and oxygen atoms in total. The highest BCUT2D eigenvalue weighted by atomic mass is 15.0. The second-order valence-corrected chi connectivity index (χ2v) is 14.1. The molecule has 0 radical (unpaired) electrons. The molecule has 9 aromatic carbocycles. The molecule has 0 aliphatic rings. The van der Waals surface area contributed by atoms with E-state index in [4.69, 9.17) is 15.0 Å². The molecule has 2 aromatic heterocycles. The molecule has 0 atom stereocenters. The number of fused-ring (bicyclic) bond motifs is 6. The number of benzene rings is 9. The first-order valence-corrected chi connectivity index (χ1v) is 18.6. The van der Waals surface area contributed by atoms with Crippen LogP contribution in [-0.4, -0.2) is 19.5 Å². The second kappa shape index (κ2) is 12.6. The summed E-state index contributed by atoms with van der Waals surface area (Å²) in [6.45, 7) is 0. The van der Waals surface area contributed by atoms with E-state index in [-0.39, 0.29) is 0 Å². The van der Waals surface area contributed by atoms with Crippen molar-refractivity contribution in [2.24, 2.45) is 0 Å². The molecule has 0 amide bonds. The van der Waals surface area contributed by atoms with Crippen LogP contribution in [0.2, 0.25) is 0 Å². The van der Waals surface area contributed by atoms with E-state index in [1.165, 1.54) is 54.1 Å². The van der Waals surface area contributed by atoms with E-state index in [1.54, 1.807) is 0 Å². The van der Waals surface area contributed by atoms with Gasteiger partial charge in [0.25, 0.3) is 0 Å². The summed E-state index contributed by atoms with van der Waals surface area (Å²) in [5, 5.41) is 9.68. The van der Waals surface area contributed by atoms with Crippen LogP contribution in [-0.2, 0) is 0 Å². The van der Waals surface area contributed by atoms with Gasteiger partial charge in [-0.05, 0) is 85.9 Å². The molecule has 0 unspecified atom stereocenters. The zero-order valence-electron chi connectivity index (χ0n) is 29.8. The van der Waals surface area contributed by atoms with Crippen molar-refractivity contribution in [1.29, 1.82) is 0 Å². The van der Waals surface area contributed by atoms with Gasteiger partial charge in [-0.2, -0.15) is 0 Å². The van der Waals surface area contributed by atoms with Gasteiger partial charge in [-0.15, -0.1) is 0 Å². The fraction of sp³-hybridized carbons (Fsp3) is 0. The van der Waals surface area contributed by atoms with Crippen molar-refractivity contribution in [1.82, 2.24) is 19.5 Å². The Kier molecular flexibility index (Phi) is 7.14. The van der Waals surface area contributed by atoms with Crippen LogP contribution in [0.5, 0.6) is 0 Å². The van der Waals surface area contributed by atoms with E-state index >= 15 is 0 Å². The lowest BCUT2D eigenvalue weighted by Crippen LogP contribution is -2.02. The van der Waals surface area contributed by atoms with Crippen LogP contribution in [0, 0.1) is 0 Å². The van der Waals surface area contributed by atoms with Gasteiger partial charge < -0.3 is 4.57 Å². The molecule has 0 N–H and O–H groups in total. The number of hydrogen-bond acceptors (Lipinski definition) is 3. The van der Waals surface area contributed by atoms with E-state index < -0.39 is 0 Å². The predicted octanol–water partition coefficient (Wildman–Crippen LogP) is 13.1. The zero-order chi connectivity index (χ0) is 36.3. The highest BCUT2D eigenvalue weighted by molar-refractivity contribution is 6.17. The Balaban J connectivity index is 1.23. The van der Waals surface area contributed by atoms with Gasteiger partial charge in [-0.3, -0.25) is 0 Å². The summed E-state index contributed by atoms with van der Waals surface area (Å²) in [6, 6.07) is 68.9. The summed E-state index contributed by atoms with van der Waals surface area (Å²) in [4.78, 5) is 15.4. The molecule has 4 heteroatoms. The Morgan fingerprint density at radius 2 is 0.764 bits per heavy atom. The summed E-state index contributed by atoms with van der Waals surface area (Å²) in [5.74, 6) is 1.90. The third-order valence-electron chi connectivity index (χ3n) is 10.8. The molecule has 2 heterocycles. The van der Waals surface area contributed by atoms with Crippen LogP contribution in [0.3, 0.4) is 0 Å². The highest BCUT2D eigenvalue weighted by Crippen LogP contribution is 2.41. The number of hydrogen-bond donors (Lipinski definition) is 0. The van der Waals surface area contributed by atoms with Gasteiger partial charge >= 0.3 is 0 Å². The SMILES string of the molecule is c1ccc(-c2nc(-c3ccccc3)nc(-c3ccc(-n4c5cc6ccccc6cc5c5cc6ccccc6cc54)cc3-c3cccc4ccccc34)n2)cc1. The summed E-state index contributed by atoms with van der Waals surface area (Å²) < 4.78 is 2.43. The lowest BCUT2D eigenvalue weighted by molar-refractivity contribution is 1.07. The van der Waals surface area contributed by atoms with Gasteiger partial charge in [0.2, 0.25) is 0 Å². The minimum atomic E-state index is 0.626. The van der Waals surface area contributed by atoms with Crippen LogP contribution in [0.15, 0.2) is 194 Å². The van der Waals surface area contributed by atoms with E-state index in [9.17, 15) is 0 Å². The van der Waals surface area contributed by atoms with Gasteiger partial charge in [0, 0.05) is 33.2 Å². The lowest BCUT2D eigenvalue weighted by Gasteiger charge is -2.17. The zero-order valence-corrected chi connectivity index (χ0v) is 29.8. The fourth-order valence-corrected chi connectivity index (χ4v) is 8.14. The van der Waals surface area contributed by atoms with E-state index in [0.29, 0.717) is 17.5 Å². The third kappa shape index (κ3) is 5.26. The van der Waals surface area contributed by atoms with Crippen molar-refractivity contribution in [2.75, 3.05) is 0 Å². The minimum absolute atomic E-state index is 0.626. The maximum atomic E-state index is 5.20. The van der Waals surface area contributed by atoms with Crippen LogP contribution < -0.4 is 0 Å². The van der Waals surface area contributed by atoms with Crippen molar-refractivity contribution in [2.45, 2.75) is 0 Å². The number of nitrogens with zero attached hydrogens (tertiary/aromatic N) is 4. The maximum absolute atomic E-state index is 5.20. The second-order valence-electron chi connectivity index (χ2n) is 14.1. The molecular formula is C51H32N4. The highest BCUT2D eigenvalue weighted by Gasteiger charge is 2.20. The quantitative estimate of drug-likeness (QED) is 0.179. The topological polar surface area (TPSA) is 43.6 Å². The number of aromatic nitrogens is 4. The van der Waals surface area contributed by atoms with Crippen LogP contribution in [0.25, 0.3) is 105 Å². The van der Waals surface area contributed by atoms with Gasteiger partial charge in [0.05, 0.1) is 11.0 Å². The molecule has 0 aliphatic heterocycles. The smallest absolute Gasteiger partial charge is 0.164 e. The average molecular weight is 701 g/mol. The standard InChI is InChI=1S/C51H32N4/c1-3-15-34(16-4-1)49-52-50(35-17-5-2-6-18-35)54-51(53-49)43-27-26-40(32-44(43)42-25-13-23-33-14-11-12-24-41(33)42)55-47-30-38-21-9-7-19-36(38)28-45(47)46-29-37-20-8-10-22-39(37)31-48(46)55/h1-32H. The van der Waals surface area contributed by atoms with Crippen molar-refractivity contribution in [3.8, 4) is 51.0 Å². The van der Waals surface area contributed by atoms with Crippen LogP contribution in [0.4, 0.5) is 0 Å². The molecule has 11 aromatic rings. The normalized spacial score (nSPS) is 11.6. The van der Waals surface area contributed by atoms with E-state index in [2.05, 4.69) is 162 Å². The van der Waals surface area contributed by atoms with Crippen LogP contribution in [0.1, 0.15) is 0 Å². The third-order valence-corrected chi connectivity index (χ3v) is 10.8. The Morgan fingerprint density at radius 3 is 1.35 bits per heavy atom. The molecule has 0 saturated carbocycles. The Labute approximate surface area is 317 Å². The number of rotatable bonds is 5. The summed E-state index contributed by atoms with van der Waals surface area (Å²) >= 11 is 0. The first-order valence-electron chi connectivity index (χ1n) is 18.6. The molecule has 0 fully saturated rings. The fourth-order valence-electron chi connectivity index (χ4n) is 8.14. The molecule has 0 bridgehead atoms. The van der Waals surface area contributed by atoms with Crippen molar-refractivity contribution in [3.63, 3.8) is 0 Å². The van der Waals surface area contributed by atoms with Gasteiger partial charge in [-0.25, -0.2) is 15.0 Å². The predicted molar refractivity (Wildman–Crippen MR) is 228 cm³/mol. The molecule has 11 rings (SSSR count). The lowest BCUT2D eigenvalue weighted by atomic mass is 9.93. The van der Waals surface area contributed by atoms with Gasteiger partial charge in [0.15, 0.2) is 17.5 Å². The van der Waals surface area contributed by atoms with Crippen molar-refractivity contribution < 1.29 is 0 Å². The monoisotopic (exact) mass is 700 g/mol. The summed E-state index contributed by atoms with van der Waals surface area (Å²) in [7, 11) is 0. The molecular weight excluding hydrogens is 669 g/mol. The first kappa shape index (κ1) is 31.1. The summed E-state index contributed by atoms with van der Waals surface area (Å²) in [6.07, 6.45) is 0. The van der Waals surface area contributed by atoms with Crippen molar-refractivity contribution >= 4 is 54.1 Å². The largest absolute Gasteiger partial charge is 0.309 e. The van der Waals surface area contributed by atoms with Crippen LogP contribution >= 0.6 is 0 Å². The molecule has 55 heavy (non-hydrogen) atoms. The average Bonchev–Trinajstić information content (AvgIpc) is 3.56. The first-order chi connectivity index (χ1) is 27.2. The molecule has 256 valence electrons. The Bertz CT molecular complexity index is 3100. The molecule has 0 spiro atoms. The Morgan fingerprint density at radius 1 is 0.291 bits per heavy atom. The van der Waals surface area contributed by atoms with Gasteiger partial charge in [0.1, 0.15) is 0 Å². The van der Waals surface area contributed by atoms with Gasteiger partial charge in [-0.1, -0.05) is 152 Å². The maximum Gasteiger partial charge on any atom is 0.164 e. The van der Waals surface area contributed by atoms with E-state index in [1.807, 2.05) is 36.4 Å².